The number of rotatable bonds is 6. The van der Waals surface area contributed by atoms with Crippen molar-refractivity contribution in [1.82, 2.24) is 14.5 Å². The van der Waals surface area contributed by atoms with Gasteiger partial charge in [0.15, 0.2) is 5.16 Å². The summed E-state index contributed by atoms with van der Waals surface area (Å²) in [6, 6.07) is 21.2. The number of hydrogen-bond donors (Lipinski definition) is 2. The Morgan fingerprint density at radius 3 is 2.42 bits per heavy atom. The lowest BCUT2D eigenvalue weighted by molar-refractivity contribution is -0.274. The van der Waals surface area contributed by atoms with Crippen molar-refractivity contribution in [2.75, 3.05) is 11.1 Å². The quantitative estimate of drug-likeness (QED) is 0.233. The van der Waals surface area contributed by atoms with Crippen LogP contribution in [0, 0.1) is 0 Å². The number of aromatic amines is 1. The SMILES string of the molecule is O=C(CSc1nc2c([nH]c3ccccc32)c(=O)n1-c1ccccc1)Nc1ccc(OC(F)(F)F)cc1. The van der Waals surface area contributed by atoms with Gasteiger partial charge < -0.3 is 15.0 Å². The number of ether oxygens (including phenoxy) is 1. The van der Waals surface area contributed by atoms with Crippen LogP contribution < -0.4 is 15.6 Å². The highest BCUT2D eigenvalue weighted by Crippen LogP contribution is 2.27. The fraction of sp³-hybridized carbons (Fsp3) is 0.0800. The molecule has 5 aromatic rings. The number of nitrogens with zero attached hydrogens (tertiary/aromatic N) is 2. The maximum atomic E-state index is 13.5. The number of amides is 1. The monoisotopic (exact) mass is 510 g/mol. The molecule has 0 unspecified atom stereocenters. The number of anilines is 1. The highest BCUT2D eigenvalue weighted by atomic mass is 32.2. The molecule has 11 heteroatoms. The Labute approximate surface area is 205 Å². The van der Waals surface area contributed by atoms with E-state index in [2.05, 4.69) is 15.0 Å². The Morgan fingerprint density at radius 2 is 1.69 bits per heavy atom. The zero-order valence-corrected chi connectivity index (χ0v) is 19.2. The third kappa shape index (κ3) is 4.91. The molecule has 1 amide bonds. The summed E-state index contributed by atoms with van der Waals surface area (Å²) in [5.41, 5.74) is 2.23. The fourth-order valence-electron chi connectivity index (χ4n) is 3.71. The first kappa shape index (κ1) is 23.5. The van der Waals surface area contributed by atoms with Crippen molar-refractivity contribution in [2.24, 2.45) is 0 Å². The van der Waals surface area contributed by atoms with Crippen molar-refractivity contribution in [3.63, 3.8) is 0 Å². The minimum absolute atomic E-state index is 0.0893. The number of H-pyrrole nitrogens is 1. The molecule has 0 aliphatic carbocycles. The molecule has 0 saturated heterocycles. The Morgan fingerprint density at radius 1 is 1.00 bits per heavy atom. The van der Waals surface area contributed by atoms with Crippen LogP contribution in [-0.2, 0) is 4.79 Å². The summed E-state index contributed by atoms with van der Waals surface area (Å²) < 4.78 is 42.3. The van der Waals surface area contributed by atoms with Gasteiger partial charge in [-0.05, 0) is 42.5 Å². The topological polar surface area (TPSA) is 89.0 Å². The second kappa shape index (κ2) is 9.42. The average molecular weight is 510 g/mol. The van der Waals surface area contributed by atoms with Gasteiger partial charge in [-0.3, -0.25) is 14.2 Å². The third-order valence-electron chi connectivity index (χ3n) is 5.21. The van der Waals surface area contributed by atoms with Gasteiger partial charge in [0, 0.05) is 16.6 Å². The van der Waals surface area contributed by atoms with Crippen molar-refractivity contribution < 1.29 is 22.7 Å². The molecular weight excluding hydrogens is 493 g/mol. The molecule has 0 aliphatic heterocycles. The van der Waals surface area contributed by atoms with E-state index in [-0.39, 0.29) is 11.3 Å². The van der Waals surface area contributed by atoms with E-state index in [4.69, 9.17) is 4.98 Å². The molecule has 0 aliphatic rings. The van der Waals surface area contributed by atoms with Gasteiger partial charge in [0.25, 0.3) is 5.56 Å². The van der Waals surface area contributed by atoms with Crippen LogP contribution in [-0.4, -0.2) is 32.6 Å². The highest BCUT2D eigenvalue weighted by Gasteiger charge is 2.31. The maximum absolute atomic E-state index is 13.5. The molecular formula is C25H17F3N4O3S. The first-order chi connectivity index (χ1) is 17.3. The molecule has 0 spiro atoms. The van der Waals surface area contributed by atoms with Gasteiger partial charge in [0.1, 0.15) is 16.8 Å². The van der Waals surface area contributed by atoms with Crippen molar-refractivity contribution in [1.29, 1.82) is 0 Å². The van der Waals surface area contributed by atoms with Gasteiger partial charge >= 0.3 is 6.36 Å². The summed E-state index contributed by atoms with van der Waals surface area (Å²) in [5, 5.41) is 3.74. The van der Waals surface area contributed by atoms with E-state index < -0.39 is 18.0 Å². The summed E-state index contributed by atoms with van der Waals surface area (Å²) in [5.74, 6) is -0.899. The molecule has 0 bridgehead atoms. The standard InChI is InChI=1S/C25H17F3N4O3S/c26-25(27,28)35-17-12-10-15(11-13-17)29-20(33)14-36-24-31-21-18-8-4-5-9-19(18)30-22(21)23(34)32(24)16-6-2-1-3-7-16/h1-13,30H,14H2,(H,29,33). The summed E-state index contributed by atoms with van der Waals surface area (Å²) in [6.07, 6.45) is -4.80. The average Bonchev–Trinajstić information content (AvgIpc) is 3.23. The minimum Gasteiger partial charge on any atom is -0.406 e. The van der Waals surface area contributed by atoms with Gasteiger partial charge in [0.05, 0.1) is 11.4 Å². The second-order valence-electron chi connectivity index (χ2n) is 7.67. The Kier molecular flexibility index (Phi) is 6.15. The zero-order chi connectivity index (χ0) is 25.3. The molecule has 2 N–H and O–H groups in total. The van der Waals surface area contributed by atoms with Crippen molar-refractivity contribution >= 4 is 45.3 Å². The normalized spacial score (nSPS) is 11.6. The predicted octanol–water partition coefficient (Wildman–Crippen LogP) is 5.50. The summed E-state index contributed by atoms with van der Waals surface area (Å²) in [4.78, 5) is 33.9. The molecule has 7 nitrogen and oxygen atoms in total. The molecule has 5 rings (SSSR count). The molecule has 0 fully saturated rings. The number of thioether (sulfide) groups is 1. The van der Waals surface area contributed by atoms with Gasteiger partial charge in [-0.1, -0.05) is 48.2 Å². The minimum atomic E-state index is -4.80. The van der Waals surface area contributed by atoms with Crippen LogP contribution in [0.3, 0.4) is 0 Å². The predicted molar refractivity (Wildman–Crippen MR) is 132 cm³/mol. The Hall–Kier alpha value is -4.25. The molecule has 2 aromatic heterocycles. The lowest BCUT2D eigenvalue weighted by atomic mass is 10.2. The summed E-state index contributed by atoms with van der Waals surface area (Å²) in [6.45, 7) is 0. The van der Waals surface area contributed by atoms with Gasteiger partial charge in [-0.25, -0.2) is 4.98 Å². The number of benzene rings is 3. The number of alkyl halides is 3. The van der Waals surface area contributed by atoms with Crippen molar-refractivity contribution in [3.05, 3.63) is 89.2 Å². The molecule has 2 heterocycles. The molecule has 3 aromatic carbocycles. The van der Waals surface area contributed by atoms with Gasteiger partial charge in [-0.2, -0.15) is 0 Å². The van der Waals surface area contributed by atoms with Crippen molar-refractivity contribution in [3.8, 4) is 11.4 Å². The lowest BCUT2D eigenvalue weighted by Gasteiger charge is -2.12. The smallest absolute Gasteiger partial charge is 0.406 e. The molecule has 0 atom stereocenters. The van der Waals surface area contributed by atoms with E-state index in [0.717, 1.165) is 34.8 Å². The third-order valence-corrected chi connectivity index (χ3v) is 6.15. The van der Waals surface area contributed by atoms with Crippen molar-refractivity contribution in [2.45, 2.75) is 11.5 Å². The van der Waals surface area contributed by atoms with E-state index in [1.165, 1.54) is 16.7 Å². The highest BCUT2D eigenvalue weighted by molar-refractivity contribution is 7.99. The first-order valence-electron chi connectivity index (χ1n) is 10.7. The lowest BCUT2D eigenvalue weighted by Crippen LogP contribution is -2.23. The Bertz CT molecular complexity index is 1610. The number of para-hydroxylation sites is 2. The number of carbonyl (C=O) groups excluding carboxylic acids is 1. The van der Waals surface area contributed by atoms with Crippen LogP contribution in [0.4, 0.5) is 18.9 Å². The molecule has 0 radical (unpaired) electrons. The van der Waals surface area contributed by atoms with Crippen LogP contribution in [0.25, 0.3) is 27.6 Å². The molecule has 0 saturated carbocycles. The first-order valence-corrected chi connectivity index (χ1v) is 11.6. The van der Waals surface area contributed by atoms with Crippen LogP contribution in [0.5, 0.6) is 5.75 Å². The molecule has 36 heavy (non-hydrogen) atoms. The largest absolute Gasteiger partial charge is 0.573 e. The van der Waals surface area contributed by atoms with Crippen LogP contribution in [0.2, 0.25) is 0 Å². The maximum Gasteiger partial charge on any atom is 0.573 e. The number of nitrogens with one attached hydrogen (secondary N) is 2. The van der Waals surface area contributed by atoms with Gasteiger partial charge in [0.2, 0.25) is 5.91 Å². The number of halogens is 3. The van der Waals surface area contributed by atoms with E-state index in [1.54, 1.807) is 24.3 Å². The summed E-state index contributed by atoms with van der Waals surface area (Å²) >= 11 is 1.07. The van der Waals surface area contributed by atoms with E-state index in [0.29, 0.717) is 27.6 Å². The number of fused-ring (bicyclic) bond motifs is 3. The van der Waals surface area contributed by atoms with E-state index in [1.807, 2.05) is 30.3 Å². The van der Waals surface area contributed by atoms with E-state index in [9.17, 15) is 22.8 Å². The summed E-state index contributed by atoms with van der Waals surface area (Å²) in [7, 11) is 0. The fourth-order valence-corrected chi connectivity index (χ4v) is 4.52. The molecule has 182 valence electrons. The van der Waals surface area contributed by atoms with Gasteiger partial charge in [-0.15, -0.1) is 13.2 Å². The Balaban J connectivity index is 1.42. The van der Waals surface area contributed by atoms with Crippen LogP contribution in [0.1, 0.15) is 0 Å². The number of hydrogen-bond acceptors (Lipinski definition) is 5. The second-order valence-corrected chi connectivity index (χ2v) is 8.62. The van der Waals surface area contributed by atoms with E-state index >= 15 is 0 Å². The number of aromatic nitrogens is 3. The van der Waals surface area contributed by atoms with Crippen LogP contribution >= 0.6 is 11.8 Å². The number of carbonyl (C=O) groups is 1. The zero-order valence-electron chi connectivity index (χ0n) is 18.4. The van der Waals surface area contributed by atoms with Crippen LogP contribution in [0.15, 0.2) is 88.8 Å².